The van der Waals surface area contributed by atoms with Gasteiger partial charge in [0.05, 0.1) is 12.3 Å². The van der Waals surface area contributed by atoms with Crippen LogP contribution in [0, 0.1) is 0 Å². The highest BCUT2D eigenvalue weighted by Gasteiger charge is 2.40. The average molecular weight is 327 g/mol. The summed E-state index contributed by atoms with van der Waals surface area (Å²) in [6, 6.07) is 5.05. The van der Waals surface area contributed by atoms with Crippen LogP contribution in [0.1, 0.15) is 20.3 Å². The summed E-state index contributed by atoms with van der Waals surface area (Å²) >= 11 is 5.99. The fourth-order valence-electron chi connectivity index (χ4n) is 2.26. The van der Waals surface area contributed by atoms with Gasteiger partial charge in [0.15, 0.2) is 5.60 Å². The predicted molar refractivity (Wildman–Crippen MR) is 83.2 cm³/mol. The minimum Gasteiger partial charge on any atom is -0.476 e. The van der Waals surface area contributed by atoms with Gasteiger partial charge in [-0.1, -0.05) is 11.6 Å². The van der Waals surface area contributed by atoms with Crippen molar-refractivity contribution in [2.45, 2.75) is 25.9 Å². The highest BCUT2D eigenvalue weighted by Crippen LogP contribution is 2.39. The summed E-state index contributed by atoms with van der Waals surface area (Å²) in [5, 5.41) is 11.7. The average Bonchev–Trinajstić information content (AvgIpc) is 2.46. The molecule has 0 aliphatic carbocycles. The van der Waals surface area contributed by atoms with Crippen LogP contribution in [-0.2, 0) is 9.59 Å². The van der Waals surface area contributed by atoms with Gasteiger partial charge in [-0.15, -0.1) is 0 Å². The fraction of sp³-hybridized carbons (Fsp3) is 0.467. The van der Waals surface area contributed by atoms with Crippen molar-refractivity contribution in [3.63, 3.8) is 0 Å². The molecule has 0 unspecified atom stereocenters. The largest absolute Gasteiger partial charge is 0.476 e. The van der Waals surface area contributed by atoms with E-state index in [2.05, 4.69) is 5.32 Å². The standard InChI is InChI=1S/C15H19ClN2O4/c1-15(2)14(21)18(7-5-13(20)17-6-8-19)11-9-10(16)3-4-12(11)22-15/h3-4,9,19H,5-8H2,1-2H3,(H,17,20). The minimum atomic E-state index is -0.998. The molecule has 2 N–H and O–H groups in total. The zero-order valence-corrected chi connectivity index (χ0v) is 13.3. The molecule has 22 heavy (non-hydrogen) atoms. The Hall–Kier alpha value is -1.79. The quantitative estimate of drug-likeness (QED) is 0.856. The molecule has 2 rings (SSSR count). The summed E-state index contributed by atoms with van der Waals surface area (Å²) < 4.78 is 5.71. The van der Waals surface area contributed by atoms with Crippen molar-refractivity contribution in [3.8, 4) is 5.75 Å². The van der Waals surface area contributed by atoms with Gasteiger partial charge >= 0.3 is 0 Å². The Morgan fingerprint density at radius 2 is 2.18 bits per heavy atom. The smallest absolute Gasteiger partial charge is 0.270 e. The first-order valence-corrected chi connectivity index (χ1v) is 7.41. The van der Waals surface area contributed by atoms with Crippen molar-refractivity contribution in [2.75, 3.05) is 24.6 Å². The van der Waals surface area contributed by atoms with Crippen LogP contribution in [0.3, 0.4) is 0 Å². The summed E-state index contributed by atoms with van der Waals surface area (Å²) in [6.45, 7) is 3.67. The molecule has 6 nitrogen and oxygen atoms in total. The number of ether oxygens (including phenoxy) is 1. The summed E-state index contributed by atoms with van der Waals surface area (Å²) in [6.07, 6.45) is 0.133. The molecular formula is C15H19ClN2O4. The maximum atomic E-state index is 12.5. The lowest BCUT2D eigenvalue weighted by Crippen LogP contribution is -2.53. The summed E-state index contributed by atoms with van der Waals surface area (Å²) in [4.78, 5) is 25.7. The van der Waals surface area contributed by atoms with Crippen molar-refractivity contribution in [3.05, 3.63) is 23.2 Å². The number of hydrogen-bond acceptors (Lipinski definition) is 4. The van der Waals surface area contributed by atoms with Crippen LogP contribution in [0.2, 0.25) is 5.02 Å². The number of carbonyl (C=O) groups is 2. The number of benzene rings is 1. The molecule has 1 aromatic rings. The minimum absolute atomic E-state index is 0.117. The van der Waals surface area contributed by atoms with E-state index in [4.69, 9.17) is 21.4 Å². The molecule has 0 spiro atoms. The second-order valence-electron chi connectivity index (χ2n) is 5.50. The molecule has 0 radical (unpaired) electrons. The van der Waals surface area contributed by atoms with Crippen LogP contribution in [0.25, 0.3) is 0 Å². The molecule has 1 aliphatic heterocycles. The summed E-state index contributed by atoms with van der Waals surface area (Å²) in [7, 11) is 0. The molecule has 0 bridgehead atoms. The molecule has 0 atom stereocenters. The van der Waals surface area contributed by atoms with Gasteiger partial charge in [0, 0.05) is 24.5 Å². The van der Waals surface area contributed by atoms with Crippen molar-refractivity contribution < 1.29 is 19.4 Å². The second kappa shape index (κ2) is 6.54. The second-order valence-corrected chi connectivity index (χ2v) is 5.94. The van der Waals surface area contributed by atoms with Gasteiger partial charge in [-0.3, -0.25) is 9.59 Å². The molecule has 0 fully saturated rings. The Labute approximate surface area is 134 Å². The number of carbonyl (C=O) groups excluding carboxylic acids is 2. The van der Waals surface area contributed by atoms with Crippen molar-refractivity contribution in [1.29, 1.82) is 0 Å². The molecular weight excluding hydrogens is 308 g/mol. The van der Waals surface area contributed by atoms with Crippen LogP contribution in [0.5, 0.6) is 5.75 Å². The highest BCUT2D eigenvalue weighted by atomic mass is 35.5. The van der Waals surface area contributed by atoms with Gasteiger partial charge in [0.1, 0.15) is 5.75 Å². The molecule has 2 amide bonds. The third-order valence-electron chi connectivity index (χ3n) is 3.33. The maximum absolute atomic E-state index is 12.5. The number of halogens is 1. The molecule has 7 heteroatoms. The van der Waals surface area contributed by atoms with Gasteiger partial charge in [-0.05, 0) is 32.0 Å². The molecule has 0 aromatic heterocycles. The van der Waals surface area contributed by atoms with Crippen LogP contribution in [-0.4, -0.2) is 42.2 Å². The van der Waals surface area contributed by atoms with Crippen molar-refractivity contribution in [2.24, 2.45) is 0 Å². The number of rotatable bonds is 5. The van der Waals surface area contributed by atoms with E-state index in [9.17, 15) is 9.59 Å². The van der Waals surface area contributed by atoms with E-state index in [1.165, 1.54) is 4.90 Å². The maximum Gasteiger partial charge on any atom is 0.270 e. The van der Waals surface area contributed by atoms with E-state index in [0.29, 0.717) is 16.5 Å². The van der Waals surface area contributed by atoms with Crippen molar-refractivity contribution in [1.82, 2.24) is 5.32 Å². The molecule has 1 aromatic carbocycles. The third kappa shape index (κ3) is 3.51. The van der Waals surface area contributed by atoms with Gasteiger partial charge < -0.3 is 20.1 Å². The van der Waals surface area contributed by atoms with Crippen LogP contribution >= 0.6 is 11.6 Å². The van der Waals surface area contributed by atoms with Crippen LogP contribution in [0.15, 0.2) is 18.2 Å². The summed E-state index contributed by atoms with van der Waals surface area (Å²) in [5.74, 6) is 0.108. The molecule has 0 saturated carbocycles. The predicted octanol–water partition coefficient (Wildman–Crippen LogP) is 1.34. The van der Waals surface area contributed by atoms with Crippen LogP contribution < -0.4 is 15.0 Å². The van der Waals surface area contributed by atoms with E-state index in [1.807, 2.05) is 0 Å². The van der Waals surface area contributed by atoms with Gasteiger partial charge in [0.2, 0.25) is 5.91 Å². The Bertz CT molecular complexity index is 589. The topological polar surface area (TPSA) is 78.9 Å². The Balaban J connectivity index is 2.19. The number of anilines is 1. The third-order valence-corrected chi connectivity index (χ3v) is 3.57. The first kappa shape index (κ1) is 16.6. The molecule has 1 heterocycles. The molecule has 0 saturated heterocycles. The van der Waals surface area contributed by atoms with E-state index in [0.717, 1.165) is 0 Å². The monoisotopic (exact) mass is 326 g/mol. The van der Waals surface area contributed by atoms with E-state index in [-0.39, 0.29) is 37.9 Å². The molecule has 120 valence electrons. The number of aliphatic hydroxyl groups is 1. The van der Waals surface area contributed by atoms with E-state index < -0.39 is 5.60 Å². The lowest BCUT2D eigenvalue weighted by Gasteiger charge is -2.38. The van der Waals surface area contributed by atoms with Crippen LogP contribution in [0.4, 0.5) is 5.69 Å². The highest BCUT2D eigenvalue weighted by molar-refractivity contribution is 6.31. The Morgan fingerprint density at radius 3 is 2.86 bits per heavy atom. The van der Waals surface area contributed by atoms with Gasteiger partial charge in [-0.25, -0.2) is 0 Å². The SMILES string of the molecule is CC1(C)Oc2ccc(Cl)cc2N(CCC(=O)NCCO)C1=O. The normalized spacial score (nSPS) is 16.0. The lowest BCUT2D eigenvalue weighted by molar-refractivity contribution is -0.132. The molecule has 1 aliphatic rings. The van der Waals surface area contributed by atoms with Crippen molar-refractivity contribution >= 4 is 29.1 Å². The number of aliphatic hydroxyl groups excluding tert-OH is 1. The van der Waals surface area contributed by atoms with E-state index in [1.54, 1.807) is 32.0 Å². The summed E-state index contributed by atoms with van der Waals surface area (Å²) in [5.41, 5.74) is -0.436. The number of nitrogens with one attached hydrogen (secondary N) is 1. The van der Waals surface area contributed by atoms with Gasteiger partial charge in [0.25, 0.3) is 5.91 Å². The number of hydrogen-bond donors (Lipinski definition) is 2. The fourth-order valence-corrected chi connectivity index (χ4v) is 2.43. The first-order chi connectivity index (χ1) is 10.3. The number of amides is 2. The zero-order valence-electron chi connectivity index (χ0n) is 12.6. The zero-order chi connectivity index (χ0) is 16.3. The number of fused-ring (bicyclic) bond motifs is 1. The van der Waals surface area contributed by atoms with Gasteiger partial charge in [-0.2, -0.15) is 0 Å². The Kier molecular flexibility index (Phi) is 4.93. The number of nitrogens with zero attached hydrogens (tertiary/aromatic N) is 1. The Morgan fingerprint density at radius 1 is 1.45 bits per heavy atom. The lowest BCUT2D eigenvalue weighted by atomic mass is 10.0. The van der Waals surface area contributed by atoms with E-state index >= 15 is 0 Å². The first-order valence-electron chi connectivity index (χ1n) is 7.03.